The maximum Gasteiger partial charge on any atom is 0.140 e. The molecule has 4 rings (SSSR count). The highest BCUT2D eigenvalue weighted by molar-refractivity contribution is 9.10. The van der Waals surface area contributed by atoms with E-state index < -0.39 is 10.0 Å². The predicted molar refractivity (Wildman–Crippen MR) is 145 cm³/mol. The van der Waals surface area contributed by atoms with Gasteiger partial charge in [0.05, 0.1) is 29.8 Å². The highest BCUT2D eigenvalue weighted by atomic mass is 79.9. The molecule has 0 N–H and O–H groups in total. The van der Waals surface area contributed by atoms with E-state index in [4.69, 9.17) is 9.72 Å². The summed E-state index contributed by atoms with van der Waals surface area (Å²) in [7, 11) is 1.58. The Morgan fingerprint density at radius 3 is 2.66 bits per heavy atom. The summed E-state index contributed by atoms with van der Waals surface area (Å²) in [5, 5.41) is 1.09. The van der Waals surface area contributed by atoms with Crippen molar-refractivity contribution in [2.45, 2.75) is 13.7 Å². The second-order valence-electron chi connectivity index (χ2n) is 9.12. The van der Waals surface area contributed by atoms with E-state index in [9.17, 15) is 0 Å². The number of ether oxygens (including phenoxy) is 1. The van der Waals surface area contributed by atoms with Gasteiger partial charge < -0.3 is 9.30 Å². The number of benzene rings is 2. The maximum absolute atomic E-state index is 6.09. The summed E-state index contributed by atoms with van der Waals surface area (Å²) in [6, 6.07) is 15.0. The van der Waals surface area contributed by atoms with Gasteiger partial charge in [0, 0.05) is 27.4 Å². The Kier molecular flexibility index (Phi) is 6.79. The number of hydrogen-bond donors (Lipinski definition) is 0. The molecule has 2 aromatic heterocycles. The maximum atomic E-state index is 6.09. The first-order chi connectivity index (χ1) is 15.2. The van der Waals surface area contributed by atoms with Crippen molar-refractivity contribution in [2.24, 2.45) is 0 Å². The fourth-order valence-electron chi connectivity index (χ4n) is 3.69. The van der Waals surface area contributed by atoms with Gasteiger partial charge in [0.25, 0.3) is 0 Å². The monoisotopic (exact) mass is 509 g/mol. The van der Waals surface area contributed by atoms with Crippen molar-refractivity contribution in [2.75, 3.05) is 31.1 Å². The summed E-state index contributed by atoms with van der Waals surface area (Å²) in [5.41, 5.74) is 7.75. The van der Waals surface area contributed by atoms with Crippen LogP contribution in [-0.4, -0.2) is 53.5 Å². The molecule has 0 amide bonds. The van der Waals surface area contributed by atoms with Gasteiger partial charge in [-0.25, -0.2) is 15.0 Å². The SMILES string of the molecule is Bc1ccc(C)cc1-c1c(-c2ccc3ncc(Br)cc3c2)ncn1COCCS(C)(C)C. The lowest BCUT2D eigenvalue weighted by molar-refractivity contribution is 0.0907. The summed E-state index contributed by atoms with van der Waals surface area (Å²) in [4.78, 5) is 9.35. The van der Waals surface area contributed by atoms with Crippen molar-refractivity contribution in [3.05, 3.63) is 65.0 Å². The zero-order valence-electron chi connectivity index (χ0n) is 19.4. The van der Waals surface area contributed by atoms with Crippen LogP contribution in [0.3, 0.4) is 0 Å². The van der Waals surface area contributed by atoms with E-state index in [0.717, 1.165) is 44.7 Å². The molecule has 0 saturated carbocycles. The second kappa shape index (κ2) is 9.42. The second-order valence-corrected chi connectivity index (χ2v) is 14.6. The molecule has 166 valence electrons. The van der Waals surface area contributed by atoms with Gasteiger partial charge in [0.2, 0.25) is 0 Å². The standard InChI is InChI=1S/C25H29BBrN3OS/c1-17-5-7-22(26)21(11-17)25-24(29-15-30(25)16-31-9-10-32(2,3)4)18-6-8-23-19(12-18)13-20(27)14-28-23/h5-8,11-15H,9-10,16,26H2,1-4H3. The van der Waals surface area contributed by atoms with Crippen LogP contribution < -0.4 is 5.46 Å². The molecule has 0 saturated heterocycles. The first-order valence-corrected chi connectivity index (χ1v) is 14.5. The molecule has 0 unspecified atom stereocenters. The Morgan fingerprint density at radius 2 is 1.88 bits per heavy atom. The molecular weight excluding hydrogens is 481 g/mol. The molecule has 4 nitrogen and oxygen atoms in total. The summed E-state index contributed by atoms with van der Waals surface area (Å²) < 4.78 is 9.20. The van der Waals surface area contributed by atoms with Gasteiger partial charge in [-0.1, -0.05) is 35.3 Å². The third-order valence-electron chi connectivity index (χ3n) is 5.48. The Hall–Kier alpha value is -2.09. The van der Waals surface area contributed by atoms with Crippen LogP contribution >= 0.6 is 26.0 Å². The van der Waals surface area contributed by atoms with E-state index in [0.29, 0.717) is 6.73 Å². The van der Waals surface area contributed by atoms with Crippen molar-refractivity contribution >= 4 is 50.2 Å². The lowest BCUT2D eigenvalue weighted by atomic mass is 9.86. The minimum Gasteiger partial charge on any atom is -0.360 e. The van der Waals surface area contributed by atoms with Gasteiger partial charge in [0.15, 0.2) is 0 Å². The van der Waals surface area contributed by atoms with E-state index in [2.05, 4.69) is 101 Å². The zero-order chi connectivity index (χ0) is 22.9. The van der Waals surface area contributed by atoms with Crippen molar-refractivity contribution in [1.29, 1.82) is 0 Å². The molecular formula is C25H29BBrN3OS. The Bertz CT molecular complexity index is 1270. The molecule has 0 fully saturated rings. The molecule has 0 spiro atoms. The number of aryl methyl sites for hydroxylation is 1. The third-order valence-corrected chi connectivity index (χ3v) is 7.30. The normalized spacial score (nSPS) is 12.4. The topological polar surface area (TPSA) is 39.9 Å². The third kappa shape index (κ3) is 5.28. The largest absolute Gasteiger partial charge is 0.360 e. The van der Waals surface area contributed by atoms with Gasteiger partial charge in [-0.05, 0) is 65.4 Å². The molecule has 0 aliphatic carbocycles. The first-order valence-electron chi connectivity index (χ1n) is 10.6. The number of nitrogens with zero attached hydrogens (tertiary/aromatic N) is 3. The van der Waals surface area contributed by atoms with E-state index in [1.165, 1.54) is 16.6 Å². The van der Waals surface area contributed by atoms with Crippen molar-refractivity contribution < 1.29 is 4.74 Å². The van der Waals surface area contributed by atoms with Crippen LogP contribution in [-0.2, 0) is 11.5 Å². The van der Waals surface area contributed by atoms with Crippen molar-refractivity contribution in [3.63, 3.8) is 0 Å². The Morgan fingerprint density at radius 1 is 1.06 bits per heavy atom. The molecule has 2 aromatic carbocycles. The number of fused-ring (bicyclic) bond motifs is 1. The van der Waals surface area contributed by atoms with Crippen LogP contribution in [0.2, 0.25) is 0 Å². The fraction of sp³-hybridized carbons (Fsp3) is 0.280. The van der Waals surface area contributed by atoms with Crippen molar-refractivity contribution in [3.8, 4) is 22.5 Å². The number of imidazole rings is 1. The minimum absolute atomic E-state index is 0.492. The minimum atomic E-state index is -0.575. The van der Waals surface area contributed by atoms with E-state index >= 15 is 0 Å². The molecule has 0 aliphatic heterocycles. The van der Waals surface area contributed by atoms with Crippen LogP contribution in [0, 0.1) is 6.92 Å². The van der Waals surface area contributed by atoms with Gasteiger partial charge >= 0.3 is 0 Å². The van der Waals surface area contributed by atoms with Crippen LogP contribution in [0.4, 0.5) is 0 Å². The van der Waals surface area contributed by atoms with E-state index in [1.807, 2.05) is 12.5 Å². The highest BCUT2D eigenvalue weighted by Crippen LogP contribution is 2.34. The summed E-state index contributed by atoms with van der Waals surface area (Å²) in [6.07, 6.45) is 10.7. The number of halogens is 1. The number of rotatable bonds is 7. The van der Waals surface area contributed by atoms with Gasteiger partial charge in [-0.3, -0.25) is 4.98 Å². The number of pyridine rings is 1. The zero-order valence-corrected chi connectivity index (χ0v) is 21.8. The quantitative estimate of drug-likeness (QED) is 0.266. The first kappa shape index (κ1) is 23.1. The van der Waals surface area contributed by atoms with Gasteiger partial charge in [-0.2, -0.15) is 0 Å². The van der Waals surface area contributed by atoms with Crippen LogP contribution in [0.5, 0.6) is 0 Å². The van der Waals surface area contributed by atoms with Gasteiger partial charge in [-0.15, -0.1) is 0 Å². The number of aromatic nitrogens is 3. The van der Waals surface area contributed by atoms with E-state index in [-0.39, 0.29) is 0 Å². The average Bonchev–Trinajstić information content (AvgIpc) is 3.15. The summed E-state index contributed by atoms with van der Waals surface area (Å²) >= 11 is 3.54. The lowest BCUT2D eigenvalue weighted by Crippen LogP contribution is -2.13. The molecule has 32 heavy (non-hydrogen) atoms. The highest BCUT2D eigenvalue weighted by Gasteiger charge is 2.18. The smallest absolute Gasteiger partial charge is 0.140 e. The molecule has 2 heterocycles. The Balaban J connectivity index is 1.77. The summed E-state index contributed by atoms with van der Waals surface area (Å²) in [5.74, 6) is 1.10. The van der Waals surface area contributed by atoms with Crippen LogP contribution in [0.25, 0.3) is 33.4 Å². The molecule has 4 aromatic rings. The van der Waals surface area contributed by atoms with E-state index in [1.54, 1.807) is 0 Å². The molecule has 0 atom stereocenters. The molecule has 0 bridgehead atoms. The molecule has 0 radical (unpaired) electrons. The predicted octanol–water partition coefficient (Wildman–Crippen LogP) is 4.76. The van der Waals surface area contributed by atoms with Crippen LogP contribution in [0.1, 0.15) is 5.56 Å². The summed E-state index contributed by atoms with van der Waals surface area (Å²) in [6.45, 7) is 3.38. The molecule has 7 heteroatoms. The lowest BCUT2D eigenvalue weighted by Gasteiger charge is -2.24. The molecule has 0 aliphatic rings. The van der Waals surface area contributed by atoms with Crippen molar-refractivity contribution in [1.82, 2.24) is 14.5 Å². The fourth-order valence-corrected chi connectivity index (χ4v) is 4.66. The van der Waals surface area contributed by atoms with Gasteiger partial charge in [0.1, 0.15) is 14.6 Å². The van der Waals surface area contributed by atoms with Crippen LogP contribution in [0.15, 0.2) is 59.5 Å². The Labute approximate surface area is 201 Å². The average molecular weight is 510 g/mol. The number of hydrogen-bond acceptors (Lipinski definition) is 3.